The zero-order chi connectivity index (χ0) is 11.5. The van der Waals surface area contributed by atoms with Crippen LogP contribution < -0.4 is 11.3 Å². The summed E-state index contributed by atoms with van der Waals surface area (Å²) in [5.41, 5.74) is 1.85. The number of piperidine rings is 1. The quantitative estimate of drug-likeness (QED) is 0.415. The molecule has 0 bridgehead atoms. The summed E-state index contributed by atoms with van der Waals surface area (Å²) in [6, 6.07) is 0. The third kappa shape index (κ3) is 2.49. The van der Waals surface area contributed by atoms with Crippen molar-refractivity contribution in [3.63, 3.8) is 0 Å². The number of hydrogen-bond acceptors (Lipinski definition) is 3. The van der Waals surface area contributed by atoms with Gasteiger partial charge in [-0.05, 0) is 38.6 Å². The first-order chi connectivity index (χ1) is 7.04. The molecule has 0 saturated carbocycles. The third-order valence-corrected chi connectivity index (χ3v) is 3.66. The number of carbonyl (C=O) groups excluding carboxylic acids is 1. The molecule has 0 aromatic carbocycles. The third-order valence-electron chi connectivity index (χ3n) is 3.66. The van der Waals surface area contributed by atoms with E-state index in [1.807, 2.05) is 13.8 Å². The molecule has 0 aromatic heterocycles. The van der Waals surface area contributed by atoms with Crippen LogP contribution in [-0.2, 0) is 4.79 Å². The number of carbonyl (C=O) groups is 1. The molecular weight excluding hydrogens is 190 g/mol. The molecule has 0 spiro atoms. The van der Waals surface area contributed by atoms with Crippen LogP contribution in [0.5, 0.6) is 0 Å². The molecule has 1 aliphatic rings. The standard InChI is InChI=1S/C11H23N3O/c1-4-11(3,10(15)13-12)14-7-5-6-9(2)8-14/h9H,4-8,12H2,1-3H3,(H,13,15)/t9-,11-/m1/s1. The summed E-state index contributed by atoms with van der Waals surface area (Å²) in [6.45, 7) is 8.25. The van der Waals surface area contributed by atoms with E-state index >= 15 is 0 Å². The van der Waals surface area contributed by atoms with Gasteiger partial charge >= 0.3 is 0 Å². The van der Waals surface area contributed by atoms with Crippen LogP contribution in [0.1, 0.15) is 40.0 Å². The average Bonchev–Trinajstić information content (AvgIpc) is 2.26. The van der Waals surface area contributed by atoms with Gasteiger partial charge in [0.1, 0.15) is 0 Å². The molecule has 4 heteroatoms. The number of rotatable bonds is 3. The van der Waals surface area contributed by atoms with E-state index in [1.165, 1.54) is 12.8 Å². The molecule has 0 aromatic rings. The van der Waals surface area contributed by atoms with E-state index in [9.17, 15) is 4.79 Å². The minimum atomic E-state index is -0.441. The van der Waals surface area contributed by atoms with Gasteiger partial charge in [0.05, 0.1) is 5.54 Å². The van der Waals surface area contributed by atoms with Crippen molar-refractivity contribution in [3.05, 3.63) is 0 Å². The summed E-state index contributed by atoms with van der Waals surface area (Å²) < 4.78 is 0. The molecule has 0 unspecified atom stereocenters. The second-order valence-electron chi connectivity index (χ2n) is 4.79. The van der Waals surface area contributed by atoms with Gasteiger partial charge in [-0.25, -0.2) is 5.84 Å². The first-order valence-electron chi connectivity index (χ1n) is 5.80. The van der Waals surface area contributed by atoms with Crippen LogP contribution in [0.25, 0.3) is 0 Å². The first-order valence-corrected chi connectivity index (χ1v) is 5.80. The Bertz CT molecular complexity index is 232. The minimum absolute atomic E-state index is 0.0703. The molecule has 2 atom stereocenters. The molecule has 88 valence electrons. The van der Waals surface area contributed by atoms with Gasteiger partial charge in [0, 0.05) is 6.54 Å². The van der Waals surface area contributed by atoms with E-state index in [-0.39, 0.29) is 5.91 Å². The second kappa shape index (κ2) is 4.94. The highest BCUT2D eigenvalue weighted by atomic mass is 16.2. The maximum absolute atomic E-state index is 11.8. The summed E-state index contributed by atoms with van der Waals surface area (Å²) in [4.78, 5) is 14.1. The molecule has 1 rings (SSSR count). The van der Waals surface area contributed by atoms with Crippen LogP contribution >= 0.6 is 0 Å². The zero-order valence-electron chi connectivity index (χ0n) is 10.0. The SMILES string of the molecule is CC[C@](C)(C(=O)NN)N1CCC[C@@H](C)C1. The van der Waals surface area contributed by atoms with Crippen molar-refractivity contribution < 1.29 is 4.79 Å². The highest BCUT2D eigenvalue weighted by Crippen LogP contribution is 2.26. The van der Waals surface area contributed by atoms with Gasteiger partial charge in [-0.15, -0.1) is 0 Å². The van der Waals surface area contributed by atoms with Crippen molar-refractivity contribution in [1.29, 1.82) is 0 Å². The van der Waals surface area contributed by atoms with Crippen molar-refractivity contribution >= 4 is 5.91 Å². The minimum Gasteiger partial charge on any atom is -0.293 e. The Morgan fingerprint density at radius 3 is 2.80 bits per heavy atom. The number of likely N-dealkylation sites (tertiary alicyclic amines) is 1. The highest BCUT2D eigenvalue weighted by Gasteiger charge is 2.38. The predicted molar refractivity (Wildman–Crippen MR) is 61.0 cm³/mol. The van der Waals surface area contributed by atoms with Crippen molar-refractivity contribution in [2.75, 3.05) is 13.1 Å². The van der Waals surface area contributed by atoms with E-state index in [1.54, 1.807) is 0 Å². The fraction of sp³-hybridized carbons (Fsp3) is 0.909. The topological polar surface area (TPSA) is 58.4 Å². The fourth-order valence-electron chi connectivity index (χ4n) is 2.32. The normalized spacial score (nSPS) is 27.1. The molecule has 0 radical (unpaired) electrons. The van der Waals surface area contributed by atoms with Crippen LogP contribution in [0.15, 0.2) is 0 Å². The number of nitrogens with two attached hydrogens (primary N) is 1. The molecule has 0 aliphatic carbocycles. The molecule has 3 N–H and O–H groups in total. The van der Waals surface area contributed by atoms with Crippen LogP contribution in [0.3, 0.4) is 0 Å². The summed E-state index contributed by atoms with van der Waals surface area (Å²) in [5, 5.41) is 0. The van der Waals surface area contributed by atoms with Crippen molar-refractivity contribution in [2.45, 2.75) is 45.6 Å². The Morgan fingerprint density at radius 2 is 2.33 bits per heavy atom. The van der Waals surface area contributed by atoms with E-state index in [4.69, 9.17) is 5.84 Å². The van der Waals surface area contributed by atoms with Gasteiger partial charge in [-0.2, -0.15) is 0 Å². The lowest BCUT2D eigenvalue weighted by Gasteiger charge is -2.43. The molecule has 1 saturated heterocycles. The van der Waals surface area contributed by atoms with Gasteiger partial charge in [-0.1, -0.05) is 13.8 Å². The Labute approximate surface area is 92.2 Å². The second-order valence-corrected chi connectivity index (χ2v) is 4.79. The summed E-state index contributed by atoms with van der Waals surface area (Å²) in [5.74, 6) is 5.85. The number of hydrogen-bond donors (Lipinski definition) is 2. The molecule has 1 aliphatic heterocycles. The number of hydrazine groups is 1. The Hall–Kier alpha value is -0.610. The lowest BCUT2D eigenvalue weighted by molar-refractivity contribution is -0.134. The number of nitrogens with zero attached hydrogens (tertiary/aromatic N) is 1. The molecule has 15 heavy (non-hydrogen) atoms. The molecule has 1 amide bonds. The molecular formula is C11H23N3O. The molecule has 1 fully saturated rings. The van der Waals surface area contributed by atoms with Crippen LogP contribution in [0, 0.1) is 5.92 Å². The summed E-state index contributed by atoms with van der Waals surface area (Å²) >= 11 is 0. The monoisotopic (exact) mass is 213 g/mol. The van der Waals surface area contributed by atoms with Gasteiger partial charge in [0.25, 0.3) is 5.91 Å². The van der Waals surface area contributed by atoms with Crippen molar-refractivity contribution in [3.8, 4) is 0 Å². The van der Waals surface area contributed by atoms with E-state index in [0.29, 0.717) is 5.92 Å². The Kier molecular flexibility index (Phi) is 4.11. The van der Waals surface area contributed by atoms with Crippen molar-refractivity contribution in [1.82, 2.24) is 10.3 Å². The van der Waals surface area contributed by atoms with E-state index in [2.05, 4.69) is 17.2 Å². The summed E-state index contributed by atoms with van der Waals surface area (Å²) in [7, 11) is 0. The maximum Gasteiger partial charge on any atom is 0.254 e. The predicted octanol–water partition coefficient (Wildman–Crippen LogP) is 0.877. The highest BCUT2D eigenvalue weighted by molar-refractivity contribution is 5.85. The lowest BCUT2D eigenvalue weighted by Crippen LogP contribution is -2.60. The van der Waals surface area contributed by atoms with Gasteiger partial charge in [0.2, 0.25) is 0 Å². The lowest BCUT2D eigenvalue weighted by atomic mass is 9.90. The van der Waals surface area contributed by atoms with Gasteiger partial charge in [0.15, 0.2) is 0 Å². The smallest absolute Gasteiger partial charge is 0.254 e. The maximum atomic E-state index is 11.8. The largest absolute Gasteiger partial charge is 0.293 e. The van der Waals surface area contributed by atoms with E-state index in [0.717, 1.165) is 19.5 Å². The molecule has 4 nitrogen and oxygen atoms in total. The van der Waals surface area contributed by atoms with Crippen LogP contribution in [0.4, 0.5) is 0 Å². The Balaban J connectivity index is 2.75. The van der Waals surface area contributed by atoms with Crippen molar-refractivity contribution in [2.24, 2.45) is 11.8 Å². The number of amides is 1. The fourth-order valence-corrected chi connectivity index (χ4v) is 2.32. The van der Waals surface area contributed by atoms with Crippen LogP contribution in [0.2, 0.25) is 0 Å². The van der Waals surface area contributed by atoms with E-state index < -0.39 is 5.54 Å². The summed E-state index contributed by atoms with van der Waals surface area (Å²) in [6.07, 6.45) is 3.23. The average molecular weight is 213 g/mol. The van der Waals surface area contributed by atoms with Gasteiger partial charge in [-0.3, -0.25) is 15.1 Å². The Morgan fingerprint density at radius 1 is 1.67 bits per heavy atom. The van der Waals surface area contributed by atoms with Crippen LogP contribution in [-0.4, -0.2) is 29.4 Å². The zero-order valence-corrected chi connectivity index (χ0v) is 10.0. The number of nitrogens with one attached hydrogen (secondary N) is 1. The molecule has 1 heterocycles. The first kappa shape index (κ1) is 12.5. The van der Waals surface area contributed by atoms with Gasteiger partial charge < -0.3 is 0 Å².